The quantitative estimate of drug-likeness (QED) is 0.887. The molecule has 1 heterocycles. The molecule has 0 bridgehead atoms. The zero-order chi connectivity index (χ0) is 15.2. The van der Waals surface area contributed by atoms with Crippen molar-refractivity contribution in [3.05, 3.63) is 54.0 Å². The molecule has 0 spiro atoms. The highest BCUT2D eigenvalue weighted by Gasteiger charge is 2.18. The minimum atomic E-state index is -0.115. The van der Waals surface area contributed by atoms with E-state index in [1.807, 2.05) is 31.1 Å². The maximum atomic E-state index is 12.1. The normalized spacial score (nSPS) is 11.6. The van der Waals surface area contributed by atoms with Crippen LogP contribution >= 0.6 is 12.4 Å². The van der Waals surface area contributed by atoms with Gasteiger partial charge in [0.2, 0.25) is 0 Å². The Hall–Kier alpha value is -1.98. The Balaban J connectivity index is 0.00000242. The molecule has 1 atom stereocenters. The van der Waals surface area contributed by atoms with Gasteiger partial charge in [-0.3, -0.25) is 9.69 Å². The molecule has 120 valence electrons. The smallest absolute Gasteiger partial charge is 0.251 e. The number of furan rings is 1. The number of benzene rings is 1. The molecule has 2 rings (SSSR count). The molecule has 22 heavy (non-hydrogen) atoms. The molecule has 0 aliphatic carbocycles. The lowest BCUT2D eigenvalue weighted by Crippen LogP contribution is -2.34. The van der Waals surface area contributed by atoms with Crippen LogP contribution in [0.15, 0.2) is 47.1 Å². The minimum absolute atomic E-state index is 0. The van der Waals surface area contributed by atoms with E-state index in [4.69, 9.17) is 9.15 Å². The molecule has 1 aromatic heterocycles. The molecule has 0 aliphatic heterocycles. The van der Waals surface area contributed by atoms with Gasteiger partial charge in [-0.15, -0.1) is 12.4 Å². The molecule has 0 radical (unpaired) electrons. The van der Waals surface area contributed by atoms with Crippen molar-refractivity contribution < 1.29 is 13.9 Å². The van der Waals surface area contributed by atoms with E-state index in [1.54, 1.807) is 37.6 Å². The van der Waals surface area contributed by atoms with E-state index in [0.717, 1.165) is 11.5 Å². The number of carbonyl (C=O) groups is 1. The Morgan fingerprint density at radius 1 is 1.27 bits per heavy atom. The topological polar surface area (TPSA) is 54.7 Å². The van der Waals surface area contributed by atoms with Crippen LogP contribution in [0, 0.1) is 0 Å². The summed E-state index contributed by atoms with van der Waals surface area (Å²) in [7, 11) is 5.50. The third-order valence-corrected chi connectivity index (χ3v) is 3.30. The van der Waals surface area contributed by atoms with Gasteiger partial charge in [0.1, 0.15) is 11.5 Å². The molecule has 5 nitrogen and oxygen atoms in total. The first kappa shape index (κ1) is 18.1. The Kier molecular flexibility index (Phi) is 6.95. The molecule has 0 saturated heterocycles. The van der Waals surface area contributed by atoms with Crippen molar-refractivity contribution in [2.45, 2.75) is 6.04 Å². The second-order valence-corrected chi connectivity index (χ2v) is 4.93. The first-order valence-corrected chi connectivity index (χ1v) is 6.74. The largest absolute Gasteiger partial charge is 0.497 e. The number of likely N-dealkylation sites (N-methyl/N-ethyl adjacent to an activating group) is 1. The molecule has 0 fully saturated rings. The van der Waals surface area contributed by atoms with Crippen LogP contribution in [0.25, 0.3) is 0 Å². The average Bonchev–Trinajstić information content (AvgIpc) is 3.01. The van der Waals surface area contributed by atoms with Crippen molar-refractivity contribution in [3.8, 4) is 5.75 Å². The van der Waals surface area contributed by atoms with Crippen LogP contribution in [0.5, 0.6) is 5.75 Å². The summed E-state index contributed by atoms with van der Waals surface area (Å²) in [5.41, 5.74) is 0.604. The molecule has 0 aliphatic rings. The average molecular weight is 325 g/mol. The second-order valence-electron chi connectivity index (χ2n) is 4.93. The summed E-state index contributed by atoms with van der Waals surface area (Å²) in [6.07, 6.45) is 1.64. The number of methoxy groups -OCH3 is 1. The predicted octanol–water partition coefficient (Wildman–Crippen LogP) is 2.74. The number of ether oxygens (including phenoxy) is 1. The van der Waals surface area contributed by atoms with Crippen molar-refractivity contribution in [1.29, 1.82) is 0 Å². The Morgan fingerprint density at radius 3 is 2.45 bits per heavy atom. The lowest BCUT2D eigenvalue weighted by Gasteiger charge is -2.22. The number of halogens is 1. The summed E-state index contributed by atoms with van der Waals surface area (Å²) in [6.45, 7) is 0.478. The van der Waals surface area contributed by atoms with E-state index in [1.165, 1.54) is 0 Å². The number of hydrogen-bond acceptors (Lipinski definition) is 4. The maximum absolute atomic E-state index is 12.1. The lowest BCUT2D eigenvalue weighted by atomic mass is 10.1. The second kappa shape index (κ2) is 8.46. The third kappa shape index (κ3) is 4.51. The van der Waals surface area contributed by atoms with Crippen molar-refractivity contribution in [2.24, 2.45) is 0 Å². The summed E-state index contributed by atoms with van der Waals surface area (Å²) >= 11 is 0. The van der Waals surface area contributed by atoms with Gasteiger partial charge in [-0.05, 0) is 50.5 Å². The Bertz CT molecular complexity index is 568. The molecule has 1 aromatic carbocycles. The van der Waals surface area contributed by atoms with E-state index in [0.29, 0.717) is 12.1 Å². The van der Waals surface area contributed by atoms with Gasteiger partial charge < -0.3 is 14.5 Å². The molecule has 2 aromatic rings. The van der Waals surface area contributed by atoms with Crippen LogP contribution in [0.3, 0.4) is 0 Å². The number of nitrogens with zero attached hydrogens (tertiary/aromatic N) is 1. The van der Waals surface area contributed by atoms with Crippen LogP contribution in [0.1, 0.15) is 22.2 Å². The van der Waals surface area contributed by atoms with Crippen molar-refractivity contribution in [1.82, 2.24) is 10.2 Å². The van der Waals surface area contributed by atoms with Gasteiger partial charge >= 0.3 is 0 Å². The van der Waals surface area contributed by atoms with E-state index >= 15 is 0 Å². The van der Waals surface area contributed by atoms with E-state index in [-0.39, 0.29) is 24.4 Å². The van der Waals surface area contributed by atoms with E-state index in [2.05, 4.69) is 5.32 Å². The van der Waals surface area contributed by atoms with Gasteiger partial charge in [0.15, 0.2) is 0 Å². The number of amides is 1. The van der Waals surface area contributed by atoms with Gasteiger partial charge in [0.25, 0.3) is 5.91 Å². The molecule has 1 N–H and O–H groups in total. The van der Waals surface area contributed by atoms with Crippen LogP contribution < -0.4 is 10.1 Å². The van der Waals surface area contributed by atoms with Gasteiger partial charge in [-0.2, -0.15) is 0 Å². The molecular formula is C16H21ClN2O3. The zero-order valence-corrected chi connectivity index (χ0v) is 13.7. The lowest BCUT2D eigenvalue weighted by molar-refractivity contribution is 0.0939. The summed E-state index contributed by atoms with van der Waals surface area (Å²) in [5.74, 6) is 1.44. The highest BCUT2D eigenvalue weighted by molar-refractivity contribution is 5.94. The van der Waals surface area contributed by atoms with Crippen LogP contribution in [-0.4, -0.2) is 38.6 Å². The number of nitrogens with one attached hydrogen (secondary N) is 1. The number of carbonyl (C=O) groups excluding carboxylic acids is 1. The fourth-order valence-electron chi connectivity index (χ4n) is 2.05. The Labute approximate surface area is 136 Å². The monoisotopic (exact) mass is 324 g/mol. The van der Waals surface area contributed by atoms with Crippen molar-refractivity contribution in [3.63, 3.8) is 0 Å². The zero-order valence-electron chi connectivity index (χ0n) is 12.9. The maximum Gasteiger partial charge on any atom is 0.251 e. The van der Waals surface area contributed by atoms with Crippen molar-refractivity contribution in [2.75, 3.05) is 27.7 Å². The highest BCUT2D eigenvalue weighted by Crippen LogP contribution is 2.18. The Morgan fingerprint density at radius 2 is 1.95 bits per heavy atom. The van der Waals surface area contributed by atoms with Gasteiger partial charge in [0.05, 0.1) is 19.4 Å². The summed E-state index contributed by atoms with van der Waals surface area (Å²) in [6, 6.07) is 10.8. The summed E-state index contributed by atoms with van der Waals surface area (Å²) in [5, 5.41) is 2.92. The number of hydrogen-bond donors (Lipinski definition) is 1. The highest BCUT2D eigenvalue weighted by atomic mass is 35.5. The third-order valence-electron chi connectivity index (χ3n) is 3.30. The first-order chi connectivity index (χ1) is 10.1. The fraction of sp³-hybridized carbons (Fsp3) is 0.312. The SMILES string of the molecule is COc1ccc(C(=O)NCC(c2ccco2)N(C)C)cc1.Cl. The van der Waals surface area contributed by atoms with Gasteiger partial charge in [-0.1, -0.05) is 0 Å². The minimum Gasteiger partial charge on any atom is -0.497 e. The molecular weight excluding hydrogens is 304 g/mol. The van der Waals surface area contributed by atoms with Crippen LogP contribution in [0.2, 0.25) is 0 Å². The molecule has 6 heteroatoms. The molecule has 1 unspecified atom stereocenters. The first-order valence-electron chi connectivity index (χ1n) is 6.74. The van der Waals surface area contributed by atoms with Crippen LogP contribution in [0.4, 0.5) is 0 Å². The van der Waals surface area contributed by atoms with E-state index < -0.39 is 0 Å². The molecule has 0 saturated carbocycles. The predicted molar refractivity (Wildman–Crippen MR) is 87.7 cm³/mol. The van der Waals surface area contributed by atoms with Crippen LogP contribution in [-0.2, 0) is 0 Å². The van der Waals surface area contributed by atoms with Gasteiger partial charge in [0, 0.05) is 12.1 Å². The molecule has 1 amide bonds. The van der Waals surface area contributed by atoms with E-state index in [9.17, 15) is 4.79 Å². The summed E-state index contributed by atoms with van der Waals surface area (Å²) < 4.78 is 10.5. The summed E-state index contributed by atoms with van der Waals surface area (Å²) in [4.78, 5) is 14.1. The van der Waals surface area contributed by atoms with Gasteiger partial charge in [-0.25, -0.2) is 0 Å². The fourth-order valence-corrected chi connectivity index (χ4v) is 2.05. The standard InChI is InChI=1S/C16H20N2O3.ClH/c1-18(2)14(15-5-4-10-21-15)11-17-16(19)12-6-8-13(20-3)9-7-12;/h4-10,14H,11H2,1-3H3,(H,17,19);1H. The number of rotatable bonds is 6. The van der Waals surface area contributed by atoms with Crippen molar-refractivity contribution >= 4 is 18.3 Å².